The zero-order chi connectivity index (χ0) is 17.4. The minimum Gasteiger partial charge on any atom is -0.493 e. The summed E-state index contributed by atoms with van der Waals surface area (Å²) in [5, 5.41) is 1.31. The first kappa shape index (κ1) is 16.0. The molecule has 0 saturated heterocycles. The number of ether oxygens (including phenoxy) is 2. The summed E-state index contributed by atoms with van der Waals surface area (Å²) in [7, 11) is 5.60. The molecular weight excluding hydrogens is 312 g/mol. The van der Waals surface area contributed by atoms with E-state index in [1.807, 2.05) is 0 Å². The maximum atomic E-state index is 5.54. The highest BCUT2D eigenvalue weighted by Crippen LogP contribution is 2.39. The number of likely N-dealkylation sites (N-methyl/N-ethyl adjacent to an activating group) is 1. The van der Waals surface area contributed by atoms with E-state index in [1.54, 1.807) is 14.2 Å². The van der Waals surface area contributed by atoms with E-state index in [4.69, 9.17) is 9.47 Å². The first-order chi connectivity index (χ1) is 12.2. The Hall–Kier alpha value is -2.46. The van der Waals surface area contributed by atoms with Crippen LogP contribution in [0.5, 0.6) is 11.5 Å². The number of aromatic amines is 1. The van der Waals surface area contributed by atoms with Gasteiger partial charge in [-0.25, -0.2) is 0 Å². The van der Waals surface area contributed by atoms with Crippen molar-refractivity contribution in [1.29, 1.82) is 0 Å². The summed E-state index contributed by atoms with van der Waals surface area (Å²) in [6, 6.07) is 13.1. The maximum absolute atomic E-state index is 5.54. The van der Waals surface area contributed by atoms with E-state index in [-0.39, 0.29) is 0 Å². The van der Waals surface area contributed by atoms with E-state index < -0.39 is 0 Å². The molecule has 1 atom stereocenters. The average Bonchev–Trinajstić information content (AvgIpc) is 3.06. The van der Waals surface area contributed by atoms with Crippen molar-refractivity contribution in [3.63, 3.8) is 0 Å². The van der Waals surface area contributed by atoms with Gasteiger partial charge in [-0.15, -0.1) is 0 Å². The van der Waals surface area contributed by atoms with E-state index in [9.17, 15) is 0 Å². The van der Waals surface area contributed by atoms with Gasteiger partial charge in [0, 0.05) is 29.7 Å². The van der Waals surface area contributed by atoms with Gasteiger partial charge in [0.15, 0.2) is 11.5 Å². The first-order valence-electron chi connectivity index (χ1n) is 8.71. The summed E-state index contributed by atoms with van der Waals surface area (Å²) in [6.07, 6.45) is 4.16. The number of aromatic nitrogens is 1. The zero-order valence-electron chi connectivity index (χ0n) is 15.0. The van der Waals surface area contributed by atoms with Gasteiger partial charge < -0.3 is 14.5 Å². The molecule has 4 rings (SSSR count). The highest BCUT2D eigenvalue weighted by Gasteiger charge is 2.27. The van der Waals surface area contributed by atoms with Gasteiger partial charge in [0.2, 0.25) is 0 Å². The van der Waals surface area contributed by atoms with Crippen molar-refractivity contribution in [3.8, 4) is 11.5 Å². The number of hydrogen-bond acceptors (Lipinski definition) is 3. The van der Waals surface area contributed by atoms with Crippen LogP contribution in [0, 0.1) is 0 Å². The molecule has 1 aliphatic rings. The fourth-order valence-electron chi connectivity index (χ4n) is 3.93. The van der Waals surface area contributed by atoms with Crippen LogP contribution < -0.4 is 9.47 Å². The number of H-pyrrole nitrogens is 1. The second-order valence-electron chi connectivity index (χ2n) is 6.72. The van der Waals surface area contributed by atoms with Crippen molar-refractivity contribution in [1.82, 2.24) is 9.88 Å². The van der Waals surface area contributed by atoms with Crippen molar-refractivity contribution >= 4 is 10.9 Å². The van der Waals surface area contributed by atoms with E-state index in [1.165, 1.54) is 27.6 Å². The molecule has 0 saturated carbocycles. The Kier molecular flexibility index (Phi) is 4.14. The second-order valence-corrected chi connectivity index (χ2v) is 6.72. The topological polar surface area (TPSA) is 37.5 Å². The van der Waals surface area contributed by atoms with Gasteiger partial charge in [-0.1, -0.05) is 18.2 Å². The monoisotopic (exact) mass is 336 g/mol. The molecule has 1 unspecified atom stereocenters. The molecule has 0 radical (unpaired) electrons. The van der Waals surface area contributed by atoms with Gasteiger partial charge in [0.25, 0.3) is 0 Å². The lowest BCUT2D eigenvalue weighted by Gasteiger charge is -2.35. The molecule has 4 heteroatoms. The third-order valence-electron chi connectivity index (χ3n) is 5.36. The van der Waals surface area contributed by atoms with E-state index in [0.717, 1.165) is 30.9 Å². The summed E-state index contributed by atoms with van der Waals surface area (Å²) in [6.45, 7) is 1.05. The predicted octanol–water partition coefficient (Wildman–Crippen LogP) is 3.96. The molecule has 0 spiro atoms. The quantitative estimate of drug-likeness (QED) is 0.784. The second kappa shape index (κ2) is 6.45. The van der Waals surface area contributed by atoms with Crippen LogP contribution in [0.4, 0.5) is 0 Å². The summed E-state index contributed by atoms with van der Waals surface area (Å²) < 4.78 is 11.0. The van der Waals surface area contributed by atoms with Crippen LogP contribution in [0.15, 0.2) is 42.6 Å². The van der Waals surface area contributed by atoms with Crippen molar-refractivity contribution < 1.29 is 9.47 Å². The van der Waals surface area contributed by atoms with Crippen LogP contribution in [0.2, 0.25) is 0 Å². The molecule has 1 N–H and O–H groups in total. The van der Waals surface area contributed by atoms with Crippen molar-refractivity contribution in [3.05, 3.63) is 59.3 Å². The largest absolute Gasteiger partial charge is 0.493 e. The lowest BCUT2D eigenvalue weighted by molar-refractivity contribution is 0.228. The fraction of sp³-hybridized carbons (Fsp3) is 0.333. The molecule has 1 aromatic heterocycles. The molecule has 130 valence electrons. The molecule has 4 nitrogen and oxygen atoms in total. The highest BCUT2D eigenvalue weighted by molar-refractivity contribution is 5.83. The van der Waals surface area contributed by atoms with Gasteiger partial charge in [0.05, 0.1) is 14.2 Å². The van der Waals surface area contributed by atoms with Crippen molar-refractivity contribution in [2.24, 2.45) is 0 Å². The molecular formula is C21H24N2O2. The number of nitrogens with one attached hydrogen (secondary N) is 1. The Labute approximate surface area is 148 Å². The van der Waals surface area contributed by atoms with E-state index in [2.05, 4.69) is 59.5 Å². The standard InChI is InChI=1S/C21H24N2O2/c1-23-9-8-14-11-20(24-2)21(25-3)12-17(14)19(23)10-15-13-22-18-7-5-4-6-16(15)18/h4-7,11-13,19,22H,8-10H2,1-3H3. The summed E-state index contributed by atoms with van der Waals surface area (Å²) in [5.41, 5.74) is 5.26. The average molecular weight is 336 g/mol. The number of para-hydroxylation sites is 1. The Morgan fingerprint density at radius 1 is 1.12 bits per heavy atom. The molecule has 2 heterocycles. The Morgan fingerprint density at radius 2 is 1.88 bits per heavy atom. The van der Waals surface area contributed by atoms with Gasteiger partial charge in [-0.05, 0) is 54.8 Å². The van der Waals surface area contributed by atoms with Gasteiger partial charge in [0.1, 0.15) is 0 Å². The number of fused-ring (bicyclic) bond motifs is 2. The third kappa shape index (κ3) is 2.76. The van der Waals surface area contributed by atoms with Crippen LogP contribution in [-0.4, -0.2) is 37.7 Å². The minimum atomic E-state index is 0.336. The molecule has 0 bridgehead atoms. The molecule has 25 heavy (non-hydrogen) atoms. The molecule has 2 aromatic carbocycles. The van der Waals surface area contributed by atoms with Crippen LogP contribution in [0.1, 0.15) is 22.7 Å². The summed E-state index contributed by atoms with van der Waals surface area (Å²) >= 11 is 0. The first-order valence-corrected chi connectivity index (χ1v) is 8.71. The minimum absolute atomic E-state index is 0.336. The lowest BCUT2D eigenvalue weighted by atomic mass is 9.88. The summed E-state index contributed by atoms with van der Waals surface area (Å²) in [5.74, 6) is 1.62. The number of hydrogen-bond donors (Lipinski definition) is 1. The molecule has 0 fully saturated rings. The number of methoxy groups -OCH3 is 2. The molecule has 3 aromatic rings. The van der Waals surface area contributed by atoms with Gasteiger partial charge in [-0.3, -0.25) is 4.90 Å². The van der Waals surface area contributed by atoms with Crippen LogP contribution >= 0.6 is 0 Å². The number of benzene rings is 2. The van der Waals surface area contributed by atoms with E-state index >= 15 is 0 Å². The van der Waals surface area contributed by atoms with Crippen molar-refractivity contribution in [2.45, 2.75) is 18.9 Å². The number of rotatable bonds is 4. The smallest absolute Gasteiger partial charge is 0.161 e. The van der Waals surface area contributed by atoms with Crippen molar-refractivity contribution in [2.75, 3.05) is 27.8 Å². The predicted molar refractivity (Wildman–Crippen MR) is 101 cm³/mol. The summed E-state index contributed by atoms with van der Waals surface area (Å²) in [4.78, 5) is 5.83. The van der Waals surface area contributed by atoms with Gasteiger partial charge in [-0.2, -0.15) is 0 Å². The molecule has 0 aliphatic carbocycles. The highest BCUT2D eigenvalue weighted by atomic mass is 16.5. The normalized spacial score (nSPS) is 17.5. The zero-order valence-corrected chi connectivity index (χ0v) is 15.0. The molecule has 0 amide bonds. The maximum Gasteiger partial charge on any atom is 0.161 e. The molecule has 1 aliphatic heterocycles. The SMILES string of the molecule is COc1cc2c(cc1OC)C(Cc1c[nH]c3ccccc13)N(C)CC2. The van der Waals surface area contributed by atoms with Crippen LogP contribution in [0.3, 0.4) is 0 Å². The van der Waals surface area contributed by atoms with Crippen LogP contribution in [0.25, 0.3) is 10.9 Å². The van der Waals surface area contributed by atoms with E-state index in [0.29, 0.717) is 6.04 Å². The Morgan fingerprint density at radius 3 is 2.68 bits per heavy atom. The Bertz CT molecular complexity index is 900. The van der Waals surface area contributed by atoms with Gasteiger partial charge >= 0.3 is 0 Å². The third-order valence-corrected chi connectivity index (χ3v) is 5.36. The lowest BCUT2D eigenvalue weighted by Crippen LogP contribution is -2.33. The number of nitrogens with zero attached hydrogens (tertiary/aromatic N) is 1. The van der Waals surface area contributed by atoms with Crippen LogP contribution in [-0.2, 0) is 12.8 Å². The fourth-order valence-corrected chi connectivity index (χ4v) is 3.93. The Balaban J connectivity index is 1.75.